The minimum absolute atomic E-state index is 0.303. The van der Waals surface area contributed by atoms with Crippen LogP contribution < -0.4 is 0 Å². The molecule has 1 N–H and O–H groups in total. The SMILES string of the molecule is CCC(c1nc2ccccc2[nH]1)N(C)Cc1ccccc1. The van der Waals surface area contributed by atoms with E-state index in [4.69, 9.17) is 4.98 Å². The molecular formula is C18H21N3. The van der Waals surface area contributed by atoms with Crippen LogP contribution in [-0.2, 0) is 6.54 Å². The van der Waals surface area contributed by atoms with Gasteiger partial charge in [0.25, 0.3) is 0 Å². The zero-order valence-corrected chi connectivity index (χ0v) is 12.6. The zero-order valence-electron chi connectivity index (χ0n) is 12.6. The van der Waals surface area contributed by atoms with E-state index in [1.165, 1.54) is 5.56 Å². The third kappa shape index (κ3) is 2.98. The van der Waals surface area contributed by atoms with Gasteiger partial charge in [0.2, 0.25) is 0 Å². The van der Waals surface area contributed by atoms with E-state index in [2.05, 4.69) is 66.3 Å². The van der Waals surface area contributed by atoms with Gasteiger partial charge in [-0.25, -0.2) is 4.98 Å². The molecule has 3 aromatic rings. The third-order valence-electron chi connectivity index (χ3n) is 3.92. The Bertz CT molecular complexity index is 670. The van der Waals surface area contributed by atoms with Gasteiger partial charge in [-0.1, -0.05) is 49.4 Å². The number of rotatable bonds is 5. The predicted molar refractivity (Wildman–Crippen MR) is 87.0 cm³/mol. The molecule has 0 aliphatic rings. The summed E-state index contributed by atoms with van der Waals surface area (Å²) in [6, 6.07) is 19.1. The molecule has 0 amide bonds. The van der Waals surface area contributed by atoms with Crippen molar-refractivity contribution in [3.05, 3.63) is 66.0 Å². The van der Waals surface area contributed by atoms with Crippen LogP contribution in [0.4, 0.5) is 0 Å². The van der Waals surface area contributed by atoms with Crippen LogP contribution in [0.5, 0.6) is 0 Å². The number of fused-ring (bicyclic) bond motifs is 1. The van der Waals surface area contributed by atoms with E-state index in [1.807, 2.05) is 12.1 Å². The summed E-state index contributed by atoms with van der Waals surface area (Å²) in [7, 11) is 2.16. The number of nitrogens with zero attached hydrogens (tertiary/aromatic N) is 2. The number of hydrogen-bond donors (Lipinski definition) is 1. The fourth-order valence-electron chi connectivity index (χ4n) is 2.83. The molecule has 1 unspecified atom stereocenters. The highest BCUT2D eigenvalue weighted by Crippen LogP contribution is 2.24. The van der Waals surface area contributed by atoms with Gasteiger partial charge in [-0.15, -0.1) is 0 Å². The lowest BCUT2D eigenvalue weighted by Gasteiger charge is -2.25. The quantitative estimate of drug-likeness (QED) is 0.761. The molecule has 0 saturated heterocycles. The molecule has 3 nitrogen and oxygen atoms in total. The molecule has 1 atom stereocenters. The summed E-state index contributed by atoms with van der Waals surface area (Å²) in [6.07, 6.45) is 1.03. The topological polar surface area (TPSA) is 31.9 Å². The van der Waals surface area contributed by atoms with Crippen molar-refractivity contribution in [2.45, 2.75) is 25.9 Å². The molecule has 108 valence electrons. The molecule has 1 heterocycles. The van der Waals surface area contributed by atoms with E-state index >= 15 is 0 Å². The van der Waals surface area contributed by atoms with Crippen LogP contribution in [-0.4, -0.2) is 21.9 Å². The first kappa shape index (κ1) is 13.8. The van der Waals surface area contributed by atoms with Crippen molar-refractivity contribution in [1.29, 1.82) is 0 Å². The molecule has 21 heavy (non-hydrogen) atoms. The third-order valence-corrected chi connectivity index (χ3v) is 3.92. The number of aromatic nitrogens is 2. The van der Waals surface area contributed by atoms with Gasteiger partial charge in [-0.05, 0) is 31.2 Å². The van der Waals surface area contributed by atoms with Crippen LogP contribution in [0.3, 0.4) is 0 Å². The lowest BCUT2D eigenvalue weighted by Crippen LogP contribution is -2.24. The highest BCUT2D eigenvalue weighted by molar-refractivity contribution is 5.74. The van der Waals surface area contributed by atoms with E-state index in [1.54, 1.807) is 0 Å². The van der Waals surface area contributed by atoms with Crippen LogP contribution in [0.15, 0.2) is 54.6 Å². The summed E-state index contributed by atoms with van der Waals surface area (Å²) < 4.78 is 0. The lowest BCUT2D eigenvalue weighted by atomic mass is 10.1. The Balaban J connectivity index is 1.83. The predicted octanol–water partition coefficient (Wildman–Crippen LogP) is 4.15. The Morgan fingerprint density at radius 2 is 1.76 bits per heavy atom. The lowest BCUT2D eigenvalue weighted by molar-refractivity contribution is 0.222. The van der Waals surface area contributed by atoms with Crippen molar-refractivity contribution in [2.75, 3.05) is 7.05 Å². The molecule has 0 fully saturated rings. The van der Waals surface area contributed by atoms with E-state index < -0.39 is 0 Å². The van der Waals surface area contributed by atoms with Crippen LogP contribution in [0, 0.1) is 0 Å². The summed E-state index contributed by atoms with van der Waals surface area (Å²) in [5.74, 6) is 1.05. The smallest absolute Gasteiger partial charge is 0.124 e. The van der Waals surface area contributed by atoms with Crippen molar-refractivity contribution >= 4 is 11.0 Å². The van der Waals surface area contributed by atoms with E-state index in [-0.39, 0.29) is 0 Å². The average molecular weight is 279 g/mol. The standard InChI is InChI=1S/C18H21N3/c1-3-17(21(2)13-14-9-5-4-6-10-14)18-19-15-11-7-8-12-16(15)20-18/h4-12,17H,3,13H2,1-2H3,(H,19,20). The molecule has 0 aliphatic carbocycles. The normalized spacial score (nSPS) is 12.9. The van der Waals surface area contributed by atoms with Gasteiger partial charge in [0, 0.05) is 6.54 Å². The molecular weight excluding hydrogens is 258 g/mol. The number of nitrogens with one attached hydrogen (secondary N) is 1. The Labute approximate surface area is 125 Å². The number of benzene rings is 2. The van der Waals surface area contributed by atoms with Gasteiger partial charge < -0.3 is 4.98 Å². The summed E-state index contributed by atoms with van der Waals surface area (Å²) >= 11 is 0. The molecule has 3 rings (SSSR count). The largest absolute Gasteiger partial charge is 0.341 e. The van der Waals surface area contributed by atoms with Gasteiger partial charge in [0.05, 0.1) is 17.1 Å². The molecule has 0 bridgehead atoms. The van der Waals surface area contributed by atoms with Crippen molar-refractivity contribution in [1.82, 2.24) is 14.9 Å². The summed E-state index contributed by atoms with van der Waals surface area (Å²) in [4.78, 5) is 10.6. The number of para-hydroxylation sites is 2. The van der Waals surface area contributed by atoms with Crippen LogP contribution >= 0.6 is 0 Å². The van der Waals surface area contributed by atoms with Gasteiger partial charge in [-0.2, -0.15) is 0 Å². The second-order valence-corrected chi connectivity index (χ2v) is 5.46. The Morgan fingerprint density at radius 1 is 1.05 bits per heavy atom. The van der Waals surface area contributed by atoms with Crippen molar-refractivity contribution < 1.29 is 0 Å². The number of H-pyrrole nitrogens is 1. The van der Waals surface area contributed by atoms with E-state index in [9.17, 15) is 0 Å². The van der Waals surface area contributed by atoms with Crippen molar-refractivity contribution in [3.8, 4) is 0 Å². The summed E-state index contributed by atoms with van der Waals surface area (Å²) in [5, 5.41) is 0. The van der Waals surface area contributed by atoms with Crippen molar-refractivity contribution in [3.63, 3.8) is 0 Å². The second kappa shape index (κ2) is 6.10. The number of hydrogen-bond acceptors (Lipinski definition) is 2. The van der Waals surface area contributed by atoms with Crippen LogP contribution in [0.25, 0.3) is 11.0 Å². The maximum absolute atomic E-state index is 4.75. The molecule has 1 aromatic heterocycles. The molecule has 0 saturated carbocycles. The zero-order chi connectivity index (χ0) is 14.7. The van der Waals surface area contributed by atoms with Crippen LogP contribution in [0.2, 0.25) is 0 Å². The molecule has 3 heteroatoms. The first-order chi connectivity index (χ1) is 10.3. The van der Waals surface area contributed by atoms with Gasteiger partial charge in [-0.3, -0.25) is 4.90 Å². The monoisotopic (exact) mass is 279 g/mol. The maximum atomic E-state index is 4.75. The average Bonchev–Trinajstić information content (AvgIpc) is 2.92. The van der Waals surface area contributed by atoms with E-state index in [0.29, 0.717) is 6.04 Å². The molecule has 0 radical (unpaired) electrons. The number of aromatic amines is 1. The van der Waals surface area contributed by atoms with Crippen molar-refractivity contribution in [2.24, 2.45) is 0 Å². The first-order valence-corrected chi connectivity index (χ1v) is 7.46. The molecule has 2 aromatic carbocycles. The molecule has 0 aliphatic heterocycles. The van der Waals surface area contributed by atoms with Gasteiger partial charge >= 0.3 is 0 Å². The fourth-order valence-corrected chi connectivity index (χ4v) is 2.83. The molecule has 0 spiro atoms. The summed E-state index contributed by atoms with van der Waals surface area (Å²) in [6.45, 7) is 3.13. The minimum atomic E-state index is 0.303. The maximum Gasteiger partial charge on any atom is 0.124 e. The fraction of sp³-hybridized carbons (Fsp3) is 0.278. The van der Waals surface area contributed by atoms with E-state index in [0.717, 1.165) is 29.8 Å². The second-order valence-electron chi connectivity index (χ2n) is 5.46. The summed E-state index contributed by atoms with van der Waals surface area (Å²) in [5.41, 5.74) is 3.48. The Morgan fingerprint density at radius 3 is 2.48 bits per heavy atom. The van der Waals surface area contributed by atoms with Gasteiger partial charge in [0.1, 0.15) is 5.82 Å². The Kier molecular flexibility index (Phi) is 4.02. The first-order valence-electron chi connectivity index (χ1n) is 7.46. The van der Waals surface area contributed by atoms with Gasteiger partial charge in [0.15, 0.2) is 0 Å². The number of imidazole rings is 1. The Hall–Kier alpha value is -2.13. The highest BCUT2D eigenvalue weighted by Gasteiger charge is 2.18. The minimum Gasteiger partial charge on any atom is -0.341 e. The highest BCUT2D eigenvalue weighted by atomic mass is 15.2. The van der Waals surface area contributed by atoms with Crippen LogP contribution in [0.1, 0.15) is 30.8 Å².